The highest BCUT2D eigenvalue weighted by molar-refractivity contribution is 7.12. The summed E-state index contributed by atoms with van der Waals surface area (Å²) in [5, 5.41) is 5.02. The summed E-state index contributed by atoms with van der Waals surface area (Å²) in [5.41, 5.74) is 0.279. The minimum Gasteiger partial charge on any atom is -0.484 e. The van der Waals surface area contributed by atoms with E-state index < -0.39 is 17.5 Å². The number of amides is 1. The SMILES string of the molecule is COC(=O)c1sccc1NC(=O)COc1ccc2ccc(=O)oc2c1. The Balaban J connectivity index is 1.65. The Bertz CT molecular complexity index is 990. The van der Waals surface area contributed by atoms with E-state index in [1.807, 2.05) is 0 Å². The van der Waals surface area contributed by atoms with Gasteiger partial charge in [-0.2, -0.15) is 0 Å². The molecule has 3 aromatic rings. The molecule has 8 heteroatoms. The van der Waals surface area contributed by atoms with Gasteiger partial charge in [-0.05, 0) is 29.6 Å². The van der Waals surface area contributed by atoms with Crippen LogP contribution < -0.4 is 15.7 Å². The zero-order chi connectivity index (χ0) is 17.8. The molecule has 0 unspecified atom stereocenters. The molecular formula is C17H13NO6S. The number of rotatable bonds is 5. The first kappa shape index (κ1) is 16.7. The molecule has 1 aromatic carbocycles. The standard InChI is InChI=1S/C17H13NO6S/c1-22-17(21)16-12(6-7-25-16)18-14(19)9-23-11-4-2-10-3-5-15(20)24-13(10)8-11/h2-8H,9H2,1H3,(H,18,19). The summed E-state index contributed by atoms with van der Waals surface area (Å²) in [6.45, 7) is -0.265. The first-order valence-corrected chi connectivity index (χ1v) is 8.07. The lowest BCUT2D eigenvalue weighted by Crippen LogP contribution is -2.21. The maximum Gasteiger partial charge on any atom is 0.350 e. The van der Waals surface area contributed by atoms with Gasteiger partial charge in [0.25, 0.3) is 5.91 Å². The van der Waals surface area contributed by atoms with E-state index in [1.54, 1.807) is 29.6 Å². The van der Waals surface area contributed by atoms with Crippen LogP contribution in [0.15, 0.2) is 51.0 Å². The number of anilines is 1. The second-order valence-corrected chi connectivity index (χ2v) is 5.86. The summed E-state index contributed by atoms with van der Waals surface area (Å²) >= 11 is 1.17. The molecule has 0 bridgehead atoms. The Hall–Kier alpha value is -3.13. The molecular weight excluding hydrogens is 346 g/mol. The summed E-state index contributed by atoms with van der Waals surface area (Å²) in [5.74, 6) is -0.565. The van der Waals surface area contributed by atoms with Gasteiger partial charge in [0.1, 0.15) is 16.2 Å². The number of thiophene rings is 1. The predicted molar refractivity (Wildman–Crippen MR) is 92.3 cm³/mol. The lowest BCUT2D eigenvalue weighted by Gasteiger charge is -2.08. The van der Waals surface area contributed by atoms with E-state index in [0.717, 1.165) is 5.39 Å². The summed E-state index contributed by atoms with van der Waals surface area (Å²) < 4.78 is 15.1. The van der Waals surface area contributed by atoms with Crippen molar-refractivity contribution in [2.75, 3.05) is 19.0 Å². The number of benzene rings is 1. The Morgan fingerprint density at radius 1 is 1.20 bits per heavy atom. The van der Waals surface area contributed by atoms with Crippen LogP contribution in [0.25, 0.3) is 11.0 Å². The minimum atomic E-state index is -0.518. The van der Waals surface area contributed by atoms with Gasteiger partial charge < -0.3 is 19.2 Å². The monoisotopic (exact) mass is 359 g/mol. The van der Waals surface area contributed by atoms with Crippen LogP contribution in [0.4, 0.5) is 5.69 Å². The number of hydrogen-bond donors (Lipinski definition) is 1. The molecule has 0 aliphatic rings. The fourth-order valence-electron chi connectivity index (χ4n) is 2.12. The van der Waals surface area contributed by atoms with Crippen molar-refractivity contribution in [1.82, 2.24) is 0 Å². The van der Waals surface area contributed by atoms with E-state index in [1.165, 1.54) is 30.6 Å². The molecule has 3 rings (SSSR count). The fraction of sp³-hybridized carbons (Fsp3) is 0.118. The van der Waals surface area contributed by atoms with Crippen LogP contribution >= 0.6 is 11.3 Å². The number of hydrogen-bond acceptors (Lipinski definition) is 7. The quantitative estimate of drug-likeness (QED) is 0.556. The van der Waals surface area contributed by atoms with Crippen LogP contribution in [0.1, 0.15) is 9.67 Å². The third kappa shape index (κ3) is 3.86. The van der Waals surface area contributed by atoms with Crippen molar-refractivity contribution in [3.63, 3.8) is 0 Å². The van der Waals surface area contributed by atoms with Crippen molar-refractivity contribution in [2.45, 2.75) is 0 Å². The molecule has 0 aliphatic heterocycles. The lowest BCUT2D eigenvalue weighted by atomic mass is 10.2. The molecule has 25 heavy (non-hydrogen) atoms. The number of nitrogens with one attached hydrogen (secondary N) is 1. The number of carbonyl (C=O) groups excluding carboxylic acids is 2. The van der Waals surface area contributed by atoms with Gasteiger partial charge in [-0.3, -0.25) is 4.79 Å². The molecule has 128 valence electrons. The largest absolute Gasteiger partial charge is 0.484 e. The van der Waals surface area contributed by atoms with E-state index in [9.17, 15) is 14.4 Å². The number of methoxy groups -OCH3 is 1. The summed E-state index contributed by atoms with van der Waals surface area (Å²) in [4.78, 5) is 35.1. The highest BCUT2D eigenvalue weighted by Gasteiger charge is 2.15. The van der Waals surface area contributed by atoms with Crippen LogP contribution in [-0.4, -0.2) is 25.6 Å². The maximum atomic E-state index is 12.0. The third-order valence-corrected chi connectivity index (χ3v) is 4.17. The molecule has 2 heterocycles. The van der Waals surface area contributed by atoms with Crippen molar-refractivity contribution >= 4 is 39.9 Å². The Morgan fingerprint density at radius 2 is 2.00 bits per heavy atom. The zero-order valence-corrected chi connectivity index (χ0v) is 13.9. The van der Waals surface area contributed by atoms with Gasteiger partial charge in [-0.25, -0.2) is 9.59 Å². The third-order valence-electron chi connectivity index (χ3n) is 3.27. The molecule has 1 N–H and O–H groups in total. The van der Waals surface area contributed by atoms with Gasteiger partial charge in [0, 0.05) is 17.5 Å². The van der Waals surface area contributed by atoms with E-state index >= 15 is 0 Å². The molecule has 0 saturated heterocycles. The normalized spacial score (nSPS) is 10.4. The number of ether oxygens (including phenoxy) is 2. The maximum absolute atomic E-state index is 12.0. The van der Waals surface area contributed by atoms with E-state index in [4.69, 9.17) is 9.15 Å². The van der Waals surface area contributed by atoms with Gasteiger partial charge in [0.05, 0.1) is 12.8 Å². The Labute approximate surface area is 145 Å². The molecule has 0 radical (unpaired) electrons. The van der Waals surface area contributed by atoms with Gasteiger partial charge in [-0.15, -0.1) is 11.3 Å². The highest BCUT2D eigenvalue weighted by Crippen LogP contribution is 2.23. The van der Waals surface area contributed by atoms with Crippen molar-refractivity contribution in [1.29, 1.82) is 0 Å². The van der Waals surface area contributed by atoms with Gasteiger partial charge in [0.15, 0.2) is 6.61 Å². The number of carbonyl (C=O) groups is 2. The average molecular weight is 359 g/mol. The first-order valence-electron chi connectivity index (χ1n) is 7.19. The van der Waals surface area contributed by atoms with Gasteiger partial charge in [-0.1, -0.05) is 0 Å². The van der Waals surface area contributed by atoms with Crippen LogP contribution in [0.5, 0.6) is 5.75 Å². The molecule has 1 amide bonds. The van der Waals surface area contributed by atoms with Crippen LogP contribution in [0.3, 0.4) is 0 Å². The highest BCUT2D eigenvalue weighted by atomic mass is 32.1. The van der Waals surface area contributed by atoms with Crippen LogP contribution in [0.2, 0.25) is 0 Å². The average Bonchev–Trinajstić information content (AvgIpc) is 3.07. The summed E-state index contributed by atoms with van der Waals surface area (Å²) in [6.07, 6.45) is 0. The molecule has 0 aliphatic carbocycles. The molecule has 7 nitrogen and oxygen atoms in total. The van der Waals surface area contributed by atoms with E-state index in [2.05, 4.69) is 10.1 Å². The van der Waals surface area contributed by atoms with Crippen molar-refractivity contribution in [2.24, 2.45) is 0 Å². The Kier molecular flexibility index (Phi) is 4.80. The smallest absolute Gasteiger partial charge is 0.350 e. The van der Waals surface area contributed by atoms with Gasteiger partial charge >= 0.3 is 11.6 Å². The predicted octanol–water partition coefficient (Wildman–Crippen LogP) is 2.66. The zero-order valence-electron chi connectivity index (χ0n) is 13.1. The first-order chi connectivity index (χ1) is 12.1. The molecule has 0 fully saturated rings. The molecule has 2 aromatic heterocycles. The number of fused-ring (bicyclic) bond motifs is 1. The second-order valence-electron chi connectivity index (χ2n) is 4.95. The van der Waals surface area contributed by atoms with E-state index in [-0.39, 0.29) is 6.61 Å². The van der Waals surface area contributed by atoms with Crippen LogP contribution in [-0.2, 0) is 9.53 Å². The second kappa shape index (κ2) is 7.18. The van der Waals surface area contributed by atoms with Crippen molar-refractivity contribution in [3.05, 3.63) is 57.1 Å². The topological polar surface area (TPSA) is 94.8 Å². The number of esters is 1. The lowest BCUT2D eigenvalue weighted by molar-refractivity contribution is -0.118. The van der Waals surface area contributed by atoms with E-state index in [0.29, 0.717) is 21.9 Å². The van der Waals surface area contributed by atoms with Crippen LogP contribution in [0, 0.1) is 0 Å². The van der Waals surface area contributed by atoms with Crippen molar-refractivity contribution in [3.8, 4) is 5.75 Å². The Morgan fingerprint density at radius 3 is 2.80 bits per heavy atom. The van der Waals surface area contributed by atoms with Gasteiger partial charge in [0.2, 0.25) is 0 Å². The molecule has 0 saturated carbocycles. The fourth-order valence-corrected chi connectivity index (χ4v) is 2.89. The van der Waals surface area contributed by atoms with Crippen molar-refractivity contribution < 1.29 is 23.5 Å². The summed E-state index contributed by atoms with van der Waals surface area (Å²) in [7, 11) is 1.27. The summed E-state index contributed by atoms with van der Waals surface area (Å²) in [6, 6.07) is 9.51. The molecule has 0 atom stereocenters. The minimum absolute atomic E-state index is 0.265. The molecule has 0 spiro atoms.